The number of benzene rings is 1. The zero-order valence-corrected chi connectivity index (χ0v) is 12.9. The second-order valence-corrected chi connectivity index (χ2v) is 5.37. The molecule has 0 radical (unpaired) electrons. The van der Waals surface area contributed by atoms with Crippen LogP contribution in [0.2, 0.25) is 0 Å². The minimum atomic E-state index is 0.462. The van der Waals surface area contributed by atoms with Gasteiger partial charge in [-0.15, -0.1) is 0 Å². The maximum Gasteiger partial charge on any atom is 0.0409 e. The molecule has 0 aromatic heterocycles. The van der Waals surface area contributed by atoms with Gasteiger partial charge in [0, 0.05) is 25.3 Å². The van der Waals surface area contributed by atoms with E-state index in [0.717, 1.165) is 13.0 Å². The number of anilines is 1. The Labute approximate surface area is 119 Å². The van der Waals surface area contributed by atoms with E-state index in [1.54, 1.807) is 0 Å². The second-order valence-electron chi connectivity index (χ2n) is 5.37. The molecule has 0 aliphatic rings. The molecular weight excluding hydrogens is 232 g/mol. The molecule has 1 unspecified atom stereocenters. The number of rotatable bonds is 9. The van der Waals surface area contributed by atoms with E-state index in [1.807, 2.05) is 0 Å². The molecule has 1 aromatic carbocycles. The normalized spacial score (nSPS) is 12.4. The number of hydrogen-bond acceptors (Lipinski definition) is 2. The predicted molar refractivity (Wildman–Crippen MR) is 85.8 cm³/mol. The molecule has 0 spiro atoms. The molecule has 2 heteroatoms. The second kappa shape index (κ2) is 8.98. The first-order chi connectivity index (χ1) is 9.22. The summed E-state index contributed by atoms with van der Waals surface area (Å²) in [5, 5.41) is 0. The first-order valence-electron chi connectivity index (χ1n) is 7.74. The third-order valence-electron chi connectivity index (χ3n) is 3.96. The van der Waals surface area contributed by atoms with Crippen LogP contribution in [0.4, 0.5) is 5.69 Å². The summed E-state index contributed by atoms with van der Waals surface area (Å²) in [6.07, 6.45) is 7.54. The summed E-state index contributed by atoms with van der Waals surface area (Å²) >= 11 is 0. The van der Waals surface area contributed by atoms with Crippen LogP contribution in [0.15, 0.2) is 24.3 Å². The van der Waals surface area contributed by atoms with Crippen molar-refractivity contribution in [2.75, 3.05) is 18.5 Å². The molecule has 2 nitrogen and oxygen atoms in total. The van der Waals surface area contributed by atoms with E-state index in [4.69, 9.17) is 5.73 Å². The summed E-state index contributed by atoms with van der Waals surface area (Å²) in [4.78, 5) is 2.34. The predicted octanol–water partition coefficient (Wildman–Crippen LogP) is 3.98. The van der Waals surface area contributed by atoms with Crippen LogP contribution in [0.5, 0.6) is 0 Å². The fraction of sp³-hybridized carbons (Fsp3) is 0.647. The smallest absolute Gasteiger partial charge is 0.0409 e. The highest BCUT2D eigenvalue weighted by Crippen LogP contribution is 2.19. The minimum absolute atomic E-state index is 0.462. The summed E-state index contributed by atoms with van der Waals surface area (Å²) in [5.74, 6) is 0. The SMILES string of the molecule is CCCCCCC(CN)N(C)c1ccc(CC)cc1. The molecule has 0 saturated heterocycles. The van der Waals surface area contributed by atoms with Crippen LogP contribution in [0, 0.1) is 0 Å². The number of nitrogens with two attached hydrogens (primary N) is 1. The fourth-order valence-corrected chi connectivity index (χ4v) is 2.45. The van der Waals surface area contributed by atoms with Crippen molar-refractivity contribution in [1.29, 1.82) is 0 Å². The van der Waals surface area contributed by atoms with E-state index in [1.165, 1.54) is 43.4 Å². The third-order valence-corrected chi connectivity index (χ3v) is 3.96. The van der Waals surface area contributed by atoms with Gasteiger partial charge < -0.3 is 10.6 Å². The van der Waals surface area contributed by atoms with Crippen LogP contribution in [-0.2, 0) is 6.42 Å². The summed E-state index contributed by atoms with van der Waals surface area (Å²) in [6.45, 7) is 5.18. The summed E-state index contributed by atoms with van der Waals surface area (Å²) in [7, 11) is 2.16. The lowest BCUT2D eigenvalue weighted by Gasteiger charge is -2.29. The van der Waals surface area contributed by atoms with Crippen LogP contribution in [0.25, 0.3) is 0 Å². The van der Waals surface area contributed by atoms with E-state index in [-0.39, 0.29) is 0 Å². The molecule has 108 valence electrons. The van der Waals surface area contributed by atoms with Crippen molar-refractivity contribution in [3.05, 3.63) is 29.8 Å². The van der Waals surface area contributed by atoms with Crippen molar-refractivity contribution in [2.45, 2.75) is 58.4 Å². The van der Waals surface area contributed by atoms with E-state index >= 15 is 0 Å². The van der Waals surface area contributed by atoms with Crippen LogP contribution in [-0.4, -0.2) is 19.6 Å². The molecule has 19 heavy (non-hydrogen) atoms. The van der Waals surface area contributed by atoms with Gasteiger partial charge in [-0.3, -0.25) is 0 Å². The van der Waals surface area contributed by atoms with Crippen LogP contribution >= 0.6 is 0 Å². The monoisotopic (exact) mass is 262 g/mol. The first-order valence-corrected chi connectivity index (χ1v) is 7.74. The fourth-order valence-electron chi connectivity index (χ4n) is 2.45. The highest BCUT2D eigenvalue weighted by Gasteiger charge is 2.13. The quantitative estimate of drug-likeness (QED) is 0.682. The number of unbranched alkanes of at least 4 members (excludes halogenated alkanes) is 3. The molecule has 0 fully saturated rings. The van der Waals surface area contributed by atoms with Gasteiger partial charge in [-0.25, -0.2) is 0 Å². The standard InChI is InChI=1S/C17H30N2/c1-4-6-7-8-9-17(14-18)19(3)16-12-10-15(5-2)11-13-16/h10-13,17H,4-9,14,18H2,1-3H3. The van der Waals surface area contributed by atoms with Gasteiger partial charge >= 0.3 is 0 Å². The average Bonchev–Trinajstić information content (AvgIpc) is 2.47. The van der Waals surface area contributed by atoms with Crippen LogP contribution in [0.1, 0.15) is 51.5 Å². The van der Waals surface area contributed by atoms with Crippen LogP contribution in [0.3, 0.4) is 0 Å². The lowest BCUT2D eigenvalue weighted by molar-refractivity contribution is 0.535. The Morgan fingerprint density at radius 1 is 1.05 bits per heavy atom. The van der Waals surface area contributed by atoms with Gasteiger partial charge in [0.2, 0.25) is 0 Å². The molecule has 0 heterocycles. The van der Waals surface area contributed by atoms with E-state index in [9.17, 15) is 0 Å². The van der Waals surface area contributed by atoms with Gasteiger partial charge in [0.25, 0.3) is 0 Å². The molecule has 1 atom stereocenters. The minimum Gasteiger partial charge on any atom is -0.370 e. The Hall–Kier alpha value is -1.02. The zero-order chi connectivity index (χ0) is 14.1. The number of nitrogens with zero attached hydrogens (tertiary/aromatic N) is 1. The van der Waals surface area contributed by atoms with Crippen molar-refractivity contribution >= 4 is 5.69 Å². The number of likely N-dealkylation sites (N-methyl/N-ethyl adjacent to an activating group) is 1. The van der Waals surface area contributed by atoms with Gasteiger partial charge in [-0.05, 0) is 30.5 Å². The van der Waals surface area contributed by atoms with Crippen LogP contribution < -0.4 is 10.6 Å². The maximum atomic E-state index is 5.94. The third kappa shape index (κ3) is 5.23. The van der Waals surface area contributed by atoms with Gasteiger partial charge in [0.05, 0.1) is 0 Å². The van der Waals surface area contributed by atoms with Crippen molar-refractivity contribution in [3.8, 4) is 0 Å². The van der Waals surface area contributed by atoms with Crippen molar-refractivity contribution in [3.63, 3.8) is 0 Å². The summed E-state index contributed by atoms with van der Waals surface area (Å²) in [6, 6.07) is 9.33. The van der Waals surface area contributed by atoms with Gasteiger partial charge in [-0.1, -0.05) is 51.7 Å². The lowest BCUT2D eigenvalue weighted by Crippen LogP contribution is -2.37. The Balaban J connectivity index is 2.53. The summed E-state index contributed by atoms with van der Waals surface area (Å²) in [5.41, 5.74) is 8.61. The molecule has 2 N–H and O–H groups in total. The van der Waals surface area contributed by atoms with Gasteiger partial charge in [0.15, 0.2) is 0 Å². The van der Waals surface area contributed by atoms with E-state index in [2.05, 4.69) is 50.1 Å². The van der Waals surface area contributed by atoms with E-state index in [0.29, 0.717) is 6.04 Å². The highest BCUT2D eigenvalue weighted by molar-refractivity contribution is 5.47. The van der Waals surface area contributed by atoms with E-state index < -0.39 is 0 Å². The Bertz CT molecular complexity index is 332. The molecular formula is C17H30N2. The molecule has 0 amide bonds. The Kier molecular flexibility index (Phi) is 7.57. The van der Waals surface area contributed by atoms with Gasteiger partial charge in [0.1, 0.15) is 0 Å². The molecule has 1 rings (SSSR count). The maximum absolute atomic E-state index is 5.94. The lowest BCUT2D eigenvalue weighted by atomic mass is 10.1. The van der Waals surface area contributed by atoms with Crippen molar-refractivity contribution in [1.82, 2.24) is 0 Å². The van der Waals surface area contributed by atoms with Gasteiger partial charge in [-0.2, -0.15) is 0 Å². The molecule has 1 aromatic rings. The van der Waals surface area contributed by atoms with Crippen molar-refractivity contribution in [2.24, 2.45) is 5.73 Å². The Morgan fingerprint density at radius 2 is 1.74 bits per heavy atom. The highest BCUT2D eigenvalue weighted by atomic mass is 15.1. The number of hydrogen-bond donors (Lipinski definition) is 1. The zero-order valence-electron chi connectivity index (χ0n) is 12.9. The molecule has 0 aliphatic carbocycles. The molecule has 0 saturated carbocycles. The molecule has 0 bridgehead atoms. The molecule has 0 aliphatic heterocycles. The van der Waals surface area contributed by atoms with Crippen molar-refractivity contribution < 1.29 is 0 Å². The first kappa shape index (κ1) is 16.0. The topological polar surface area (TPSA) is 29.3 Å². The number of aryl methyl sites for hydroxylation is 1. The Morgan fingerprint density at radius 3 is 2.26 bits per heavy atom. The summed E-state index contributed by atoms with van der Waals surface area (Å²) < 4.78 is 0. The largest absolute Gasteiger partial charge is 0.370 e. The average molecular weight is 262 g/mol.